The molecule has 0 bridgehead atoms. The van der Waals surface area contributed by atoms with Crippen LogP contribution in [0.3, 0.4) is 0 Å². The van der Waals surface area contributed by atoms with Crippen molar-refractivity contribution in [3.8, 4) is 0 Å². The third-order valence-corrected chi connectivity index (χ3v) is 3.64. The normalized spacial score (nSPS) is 30.8. The molecule has 0 aromatic rings. The van der Waals surface area contributed by atoms with Gasteiger partial charge in [-0.1, -0.05) is 0 Å². The quantitative estimate of drug-likeness (QED) is 0.764. The lowest BCUT2D eigenvalue weighted by molar-refractivity contribution is 0.129. The van der Waals surface area contributed by atoms with Gasteiger partial charge >= 0.3 is 0 Å². The predicted octanol–water partition coefficient (Wildman–Crippen LogP) is 1.17. The highest BCUT2D eigenvalue weighted by Crippen LogP contribution is 2.18. The summed E-state index contributed by atoms with van der Waals surface area (Å²) in [5, 5.41) is 9.07. The molecular formula is C12H26N2O. The summed E-state index contributed by atoms with van der Waals surface area (Å²) in [7, 11) is 2.18. The lowest BCUT2D eigenvalue weighted by Crippen LogP contribution is -2.44. The van der Waals surface area contributed by atoms with Crippen LogP contribution in [0.4, 0.5) is 0 Å². The fourth-order valence-corrected chi connectivity index (χ4v) is 2.48. The Bertz CT molecular complexity index is 184. The first-order valence-corrected chi connectivity index (χ1v) is 6.13. The average Bonchev–Trinajstić information content (AvgIpc) is 2.31. The molecule has 2 atom stereocenters. The van der Waals surface area contributed by atoms with Crippen molar-refractivity contribution in [2.75, 3.05) is 26.7 Å². The van der Waals surface area contributed by atoms with Gasteiger partial charge in [-0.3, -0.25) is 4.90 Å². The van der Waals surface area contributed by atoms with Gasteiger partial charge in [0.25, 0.3) is 0 Å². The van der Waals surface area contributed by atoms with E-state index in [-0.39, 0.29) is 0 Å². The Morgan fingerprint density at radius 3 is 2.60 bits per heavy atom. The maximum Gasteiger partial charge on any atom is 0.0446 e. The molecule has 1 N–H and O–H groups in total. The van der Waals surface area contributed by atoms with Crippen molar-refractivity contribution in [3.63, 3.8) is 0 Å². The number of rotatable bonds is 3. The van der Waals surface area contributed by atoms with E-state index in [9.17, 15) is 0 Å². The van der Waals surface area contributed by atoms with E-state index < -0.39 is 0 Å². The first kappa shape index (κ1) is 12.9. The van der Waals surface area contributed by atoms with E-state index in [2.05, 4.69) is 37.6 Å². The van der Waals surface area contributed by atoms with E-state index in [0.29, 0.717) is 24.7 Å². The fourth-order valence-electron chi connectivity index (χ4n) is 2.48. The lowest BCUT2D eigenvalue weighted by Gasteiger charge is -2.33. The number of likely N-dealkylation sites (N-methyl/N-ethyl adjacent to an activating group) is 1. The third kappa shape index (κ3) is 3.44. The summed E-state index contributed by atoms with van der Waals surface area (Å²) in [4.78, 5) is 4.96. The number of hydrogen-bond donors (Lipinski definition) is 1. The topological polar surface area (TPSA) is 26.7 Å². The Hall–Kier alpha value is -0.120. The SMILES string of the molecule is CC(C)N1CC(CCO)N(C)CCC1C. The zero-order valence-corrected chi connectivity index (χ0v) is 10.6. The van der Waals surface area contributed by atoms with E-state index in [1.54, 1.807) is 0 Å². The number of aliphatic hydroxyl groups is 1. The molecule has 1 saturated heterocycles. The summed E-state index contributed by atoms with van der Waals surface area (Å²) < 4.78 is 0. The summed E-state index contributed by atoms with van der Waals surface area (Å²) in [6.07, 6.45) is 2.13. The Morgan fingerprint density at radius 2 is 2.07 bits per heavy atom. The van der Waals surface area contributed by atoms with E-state index in [1.807, 2.05) is 0 Å². The van der Waals surface area contributed by atoms with Crippen molar-refractivity contribution in [1.82, 2.24) is 9.80 Å². The molecule has 0 aromatic carbocycles. The first-order chi connectivity index (χ1) is 7.06. The molecule has 1 aliphatic rings. The predicted molar refractivity (Wildman–Crippen MR) is 64.0 cm³/mol. The van der Waals surface area contributed by atoms with Gasteiger partial charge in [0, 0.05) is 31.3 Å². The molecule has 0 aromatic heterocycles. The molecule has 0 saturated carbocycles. The van der Waals surface area contributed by atoms with E-state index >= 15 is 0 Å². The summed E-state index contributed by atoms with van der Waals surface area (Å²) in [6.45, 7) is 9.38. The van der Waals surface area contributed by atoms with Crippen LogP contribution in [-0.2, 0) is 0 Å². The van der Waals surface area contributed by atoms with Gasteiger partial charge in [0.1, 0.15) is 0 Å². The summed E-state index contributed by atoms with van der Waals surface area (Å²) >= 11 is 0. The summed E-state index contributed by atoms with van der Waals surface area (Å²) in [5.74, 6) is 0. The van der Waals surface area contributed by atoms with Crippen molar-refractivity contribution in [1.29, 1.82) is 0 Å². The molecular weight excluding hydrogens is 188 g/mol. The molecule has 0 spiro atoms. The zero-order chi connectivity index (χ0) is 11.4. The third-order valence-electron chi connectivity index (χ3n) is 3.64. The highest BCUT2D eigenvalue weighted by molar-refractivity contribution is 4.83. The molecule has 0 radical (unpaired) electrons. The van der Waals surface area contributed by atoms with Crippen LogP contribution in [0.1, 0.15) is 33.6 Å². The first-order valence-electron chi connectivity index (χ1n) is 6.13. The molecule has 90 valence electrons. The maximum atomic E-state index is 9.07. The maximum absolute atomic E-state index is 9.07. The van der Waals surface area contributed by atoms with Crippen molar-refractivity contribution < 1.29 is 5.11 Å². The Morgan fingerprint density at radius 1 is 1.40 bits per heavy atom. The van der Waals surface area contributed by atoms with Crippen LogP contribution in [0, 0.1) is 0 Å². The average molecular weight is 214 g/mol. The highest BCUT2D eigenvalue weighted by atomic mass is 16.3. The number of aliphatic hydroxyl groups excluding tert-OH is 1. The highest BCUT2D eigenvalue weighted by Gasteiger charge is 2.27. The summed E-state index contributed by atoms with van der Waals surface area (Å²) in [6, 6.07) is 1.78. The van der Waals surface area contributed by atoms with E-state index in [4.69, 9.17) is 5.11 Å². The van der Waals surface area contributed by atoms with Crippen LogP contribution in [-0.4, -0.2) is 59.8 Å². The van der Waals surface area contributed by atoms with Crippen molar-refractivity contribution >= 4 is 0 Å². The van der Waals surface area contributed by atoms with Gasteiger partial charge in [-0.15, -0.1) is 0 Å². The summed E-state index contributed by atoms with van der Waals surface area (Å²) in [5.41, 5.74) is 0. The van der Waals surface area contributed by atoms with Crippen LogP contribution in [0.2, 0.25) is 0 Å². The van der Waals surface area contributed by atoms with Gasteiger partial charge in [0.15, 0.2) is 0 Å². The van der Waals surface area contributed by atoms with Gasteiger partial charge in [0.2, 0.25) is 0 Å². The minimum absolute atomic E-state index is 0.301. The standard InChI is InChI=1S/C12H26N2O/c1-10(2)14-9-12(6-8-15)13(4)7-5-11(14)3/h10-12,15H,5-9H2,1-4H3. The second kappa shape index (κ2) is 5.83. The smallest absolute Gasteiger partial charge is 0.0446 e. The molecule has 1 rings (SSSR count). The fraction of sp³-hybridized carbons (Fsp3) is 1.00. The Balaban J connectivity index is 2.65. The Kier molecular flexibility index (Phi) is 5.03. The molecule has 1 aliphatic heterocycles. The van der Waals surface area contributed by atoms with Crippen LogP contribution < -0.4 is 0 Å². The van der Waals surface area contributed by atoms with Crippen LogP contribution in [0.25, 0.3) is 0 Å². The minimum atomic E-state index is 0.301. The molecule has 3 nitrogen and oxygen atoms in total. The monoisotopic (exact) mass is 214 g/mol. The van der Waals surface area contributed by atoms with Crippen LogP contribution >= 0.6 is 0 Å². The van der Waals surface area contributed by atoms with Crippen LogP contribution in [0.15, 0.2) is 0 Å². The van der Waals surface area contributed by atoms with Gasteiger partial charge in [-0.25, -0.2) is 0 Å². The molecule has 0 amide bonds. The van der Waals surface area contributed by atoms with E-state index in [1.165, 1.54) is 6.42 Å². The largest absolute Gasteiger partial charge is 0.396 e. The number of hydrogen-bond acceptors (Lipinski definition) is 3. The van der Waals surface area contributed by atoms with Gasteiger partial charge in [-0.05, 0) is 47.2 Å². The molecule has 3 heteroatoms. The van der Waals surface area contributed by atoms with Gasteiger partial charge in [0.05, 0.1) is 0 Å². The van der Waals surface area contributed by atoms with E-state index in [0.717, 1.165) is 19.5 Å². The molecule has 1 fully saturated rings. The second-order valence-corrected chi connectivity index (χ2v) is 5.07. The molecule has 1 heterocycles. The number of nitrogens with zero attached hydrogens (tertiary/aromatic N) is 2. The Labute approximate surface area is 94.1 Å². The van der Waals surface area contributed by atoms with Crippen molar-refractivity contribution in [3.05, 3.63) is 0 Å². The molecule has 0 aliphatic carbocycles. The molecule has 15 heavy (non-hydrogen) atoms. The lowest BCUT2D eigenvalue weighted by atomic mass is 10.1. The van der Waals surface area contributed by atoms with Gasteiger partial charge in [-0.2, -0.15) is 0 Å². The van der Waals surface area contributed by atoms with Gasteiger partial charge < -0.3 is 10.0 Å². The second-order valence-electron chi connectivity index (χ2n) is 5.07. The van der Waals surface area contributed by atoms with Crippen molar-refractivity contribution in [2.24, 2.45) is 0 Å². The zero-order valence-electron chi connectivity index (χ0n) is 10.6. The minimum Gasteiger partial charge on any atom is -0.396 e. The van der Waals surface area contributed by atoms with Crippen molar-refractivity contribution in [2.45, 2.75) is 51.7 Å². The van der Waals surface area contributed by atoms with Crippen LogP contribution in [0.5, 0.6) is 0 Å². The molecule has 2 unspecified atom stereocenters.